The largest absolute Gasteiger partial charge is 0.356 e. The number of aliphatic imine (C=N–C) groups is 1. The average Bonchev–Trinajstić information content (AvgIpc) is 3.43. The van der Waals surface area contributed by atoms with E-state index in [1.165, 1.54) is 18.4 Å². The van der Waals surface area contributed by atoms with Crippen molar-refractivity contribution in [2.75, 3.05) is 26.7 Å². The third-order valence-electron chi connectivity index (χ3n) is 5.26. The molecular formula is C21H34N6. The van der Waals surface area contributed by atoms with Crippen LogP contribution >= 0.6 is 0 Å². The highest BCUT2D eigenvalue weighted by molar-refractivity contribution is 5.79. The fraction of sp³-hybridized carbons (Fsp3) is 0.619. The van der Waals surface area contributed by atoms with Gasteiger partial charge in [-0.25, -0.2) is 4.98 Å². The molecule has 1 saturated carbocycles. The topological polar surface area (TPSA) is 57.5 Å². The second-order valence-corrected chi connectivity index (χ2v) is 7.64. The zero-order chi connectivity index (χ0) is 19.2. The lowest BCUT2D eigenvalue weighted by atomic mass is 10.3. The Morgan fingerprint density at radius 2 is 2.00 bits per heavy atom. The predicted molar refractivity (Wildman–Crippen MR) is 113 cm³/mol. The van der Waals surface area contributed by atoms with Crippen molar-refractivity contribution in [1.82, 2.24) is 25.1 Å². The van der Waals surface area contributed by atoms with Gasteiger partial charge < -0.3 is 15.2 Å². The van der Waals surface area contributed by atoms with Crippen LogP contribution in [-0.2, 0) is 6.54 Å². The SMILES string of the molecule is CN=C(NCCCn1c(C)nc2ccccc21)NCCN(C(C)C)C1CC1. The Morgan fingerprint density at radius 3 is 2.70 bits per heavy atom. The number of nitrogens with zero attached hydrogens (tertiary/aromatic N) is 4. The molecule has 6 heteroatoms. The number of guanidine groups is 1. The number of aryl methyl sites for hydroxylation is 2. The first-order chi connectivity index (χ1) is 13.1. The second-order valence-electron chi connectivity index (χ2n) is 7.64. The lowest BCUT2D eigenvalue weighted by Crippen LogP contribution is -2.44. The van der Waals surface area contributed by atoms with Gasteiger partial charge >= 0.3 is 0 Å². The van der Waals surface area contributed by atoms with Gasteiger partial charge in [0.15, 0.2) is 5.96 Å². The minimum atomic E-state index is 0.613. The van der Waals surface area contributed by atoms with Crippen molar-refractivity contribution in [1.29, 1.82) is 0 Å². The summed E-state index contributed by atoms with van der Waals surface area (Å²) in [7, 11) is 1.84. The summed E-state index contributed by atoms with van der Waals surface area (Å²) in [5.74, 6) is 1.97. The highest BCUT2D eigenvalue weighted by atomic mass is 15.2. The summed E-state index contributed by atoms with van der Waals surface area (Å²) < 4.78 is 2.29. The molecule has 0 atom stereocenters. The fourth-order valence-corrected chi connectivity index (χ4v) is 3.71. The van der Waals surface area contributed by atoms with Gasteiger partial charge in [0.25, 0.3) is 0 Å². The molecule has 1 aliphatic rings. The molecule has 0 amide bonds. The molecule has 2 aromatic rings. The maximum Gasteiger partial charge on any atom is 0.191 e. The summed E-state index contributed by atoms with van der Waals surface area (Å²) in [6.45, 7) is 10.5. The number of benzene rings is 1. The molecule has 0 bridgehead atoms. The first kappa shape index (κ1) is 19.7. The molecule has 6 nitrogen and oxygen atoms in total. The van der Waals surface area contributed by atoms with Gasteiger partial charge in [0, 0.05) is 45.3 Å². The number of nitrogens with one attached hydrogen (secondary N) is 2. The van der Waals surface area contributed by atoms with E-state index in [0.717, 1.165) is 55.9 Å². The summed E-state index contributed by atoms with van der Waals surface area (Å²) in [4.78, 5) is 11.6. The average molecular weight is 371 g/mol. The number of aromatic nitrogens is 2. The van der Waals surface area contributed by atoms with Crippen LogP contribution in [0.2, 0.25) is 0 Å². The lowest BCUT2D eigenvalue weighted by molar-refractivity contribution is 0.215. The fourth-order valence-electron chi connectivity index (χ4n) is 3.71. The summed E-state index contributed by atoms with van der Waals surface area (Å²) in [5, 5.41) is 6.88. The van der Waals surface area contributed by atoms with Gasteiger partial charge in [0.05, 0.1) is 11.0 Å². The van der Waals surface area contributed by atoms with Crippen LogP contribution in [-0.4, -0.2) is 59.2 Å². The van der Waals surface area contributed by atoms with E-state index in [1.54, 1.807) is 0 Å². The van der Waals surface area contributed by atoms with E-state index >= 15 is 0 Å². The summed E-state index contributed by atoms with van der Waals surface area (Å²) >= 11 is 0. The summed E-state index contributed by atoms with van der Waals surface area (Å²) in [6.07, 6.45) is 3.74. The smallest absolute Gasteiger partial charge is 0.191 e. The summed E-state index contributed by atoms with van der Waals surface area (Å²) in [5.41, 5.74) is 2.29. The minimum absolute atomic E-state index is 0.613. The van der Waals surface area contributed by atoms with Gasteiger partial charge in [-0.2, -0.15) is 0 Å². The zero-order valence-electron chi connectivity index (χ0n) is 17.2. The van der Waals surface area contributed by atoms with Gasteiger partial charge in [-0.15, -0.1) is 0 Å². The first-order valence-corrected chi connectivity index (χ1v) is 10.2. The van der Waals surface area contributed by atoms with Crippen molar-refractivity contribution >= 4 is 17.0 Å². The van der Waals surface area contributed by atoms with Gasteiger partial charge in [-0.05, 0) is 52.2 Å². The zero-order valence-corrected chi connectivity index (χ0v) is 17.2. The van der Waals surface area contributed by atoms with Crippen LogP contribution in [0.4, 0.5) is 0 Å². The molecule has 0 radical (unpaired) electrons. The van der Waals surface area contributed by atoms with Crippen molar-refractivity contribution in [3.05, 3.63) is 30.1 Å². The number of rotatable bonds is 9. The van der Waals surface area contributed by atoms with Gasteiger partial charge in [-0.1, -0.05) is 12.1 Å². The Hall–Kier alpha value is -2.08. The van der Waals surface area contributed by atoms with Crippen molar-refractivity contribution in [2.45, 2.75) is 58.7 Å². The molecule has 1 aromatic heterocycles. The van der Waals surface area contributed by atoms with Crippen molar-refractivity contribution in [3.8, 4) is 0 Å². The number of hydrogen-bond acceptors (Lipinski definition) is 3. The van der Waals surface area contributed by atoms with E-state index in [4.69, 9.17) is 0 Å². The van der Waals surface area contributed by atoms with Gasteiger partial charge in [-0.3, -0.25) is 9.89 Å². The number of para-hydroxylation sites is 2. The number of hydrogen-bond donors (Lipinski definition) is 2. The van der Waals surface area contributed by atoms with Crippen LogP contribution in [0.25, 0.3) is 11.0 Å². The number of fused-ring (bicyclic) bond motifs is 1. The molecule has 27 heavy (non-hydrogen) atoms. The Morgan fingerprint density at radius 1 is 1.26 bits per heavy atom. The lowest BCUT2D eigenvalue weighted by Gasteiger charge is -2.26. The van der Waals surface area contributed by atoms with E-state index in [2.05, 4.69) is 69.0 Å². The molecule has 0 saturated heterocycles. The van der Waals surface area contributed by atoms with Crippen LogP contribution in [0.5, 0.6) is 0 Å². The Labute approximate surface area is 163 Å². The highest BCUT2D eigenvalue weighted by Gasteiger charge is 2.30. The van der Waals surface area contributed by atoms with E-state index in [-0.39, 0.29) is 0 Å². The molecule has 0 aliphatic heterocycles. The standard InChI is InChI=1S/C21H34N6/c1-16(2)26(18-10-11-18)15-13-24-21(22-4)23-12-7-14-27-17(3)25-19-8-5-6-9-20(19)27/h5-6,8-9,16,18H,7,10-15H2,1-4H3,(H2,22,23,24). The van der Waals surface area contributed by atoms with Gasteiger partial charge in [0.1, 0.15) is 5.82 Å². The summed E-state index contributed by atoms with van der Waals surface area (Å²) in [6, 6.07) is 9.75. The van der Waals surface area contributed by atoms with E-state index in [9.17, 15) is 0 Å². The monoisotopic (exact) mass is 370 g/mol. The van der Waals surface area contributed by atoms with Gasteiger partial charge in [0.2, 0.25) is 0 Å². The quantitative estimate of drug-likeness (QED) is 0.405. The highest BCUT2D eigenvalue weighted by Crippen LogP contribution is 2.27. The molecule has 1 heterocycles. The Bertz CT molecular complexity index is 757. The van der Waals surface area contributed by atoms with E-state index < -0.39 is 0 Å². The van der Waals surface area contributed by atoms with E-state index in [1.807, 2.05) is 13.1 Å². The maximum absolute atomic E-state index is 4.64. The van der Waals surface area contributed by atoms with Crippen LogP contribution in [0, 0.1) is 6.92 Å². The van der Waals surface area contributed by atoms with Crippen LogP contribution < -0.4 is 10.6 Å². The number of imidazole rings is 1. The predicted octanol–water partition coefficient (Wildman–Crippen LogP) is 2.77. The van der Waals surface area contributed by atoms with Crippen molar-refractivity contribution in [3.63, 3.8) is 0 Å². The molecule has 2 N–H and O–H groups in total. The molecule has 1 aliphatic carbocycles. The third kappa shape index (κ3) is 5.22. The van der Waals surface area contributed by atoms with Crippen molar-refractivity contribution in [2.24, 2.45) is 4.99 Å². The second kappa shape index (κ2) is 9.22. The Balaban J connectivity index is 1.40. The minimum Gasteiger partial charge on any atom is -0.356 e. The normalized spacial score (nSPS) is 15.1. The molecule has 0 spiro atoms. The third-order valence-corrected chi connectivity index (χ3v) is 5.26. The van der Waals surface area contributed by atoms with E-state index in [0.29, 0.717) is 6.04 Å². The molecule has 3 rings (SSSR count). The first-order valence-electron chi connectivity index (χ1n) is 10.2. The van der Waals surface area contributed by atoms with Crippen LogP contribution in [0.1, 0.15) is 38.9 Å². The van der Waals surface area contributed by atoms with Crippen LogP contribution in [0.15, 0.2) is 29.3 Å². The molecule has 148 valence electrons. The van der Waals surface area contributed by atoms with Crippen LogP contribution in [0.3, 0.4) is 0 Å². The van der Waals surface area contributed by atoms with Crippen molar-refractivity contribution < 1.29 is 0 Å². The Kier molecular flexibility index (Phi) is 6.72. The molecule has 0 unspecified atom stereocenters. The molecule has 1 aromatic carbocycles. The molecular weight excluding hydrogens is 336 g/mol. The molecule has 1 fully saturated rings. The maximum atomic E-state index is 4.64.